The highest BCUT2D eigenvalue weighted by Gasteiger charge is 2.23. The number of rotatable bonds is 3. The molecule has 6 heteroatoms. The van der Waals surface area contributed by atoms with E-state index in [0.717, 1.165) is 23.3 Å². The van der Waals surface area contributed by atoms with Gasteiger partial charge in [-0.2, -0.15) is 0 Å². The first-order valence-electron chi connectivity index (χ1n) is 9.50. The summed E-state index contributed by atoms with van der Waals surface area (Å²) in [5.74, 6) is -0.253. The molecule has 0 unspecified atom stereocenters. The Labute approximate surface area is 173 Å². The summed E-state index contributed by atoms with van der Waals surface area (Å²) in [5.41, 5.74) is 2.12. The molecule has 1 saturated carbocycles. The normalized spacial score (nSPS) is 18.5. The Balaban J connectivity index is 1.51. The molecule has 2 N–H and O–H groups in total. The Bertz CT molecular complexity index is 951. The van der Waals surface area contributed by atoms with Crippen LogP contribution in [0.2, 0.25) is 5.02 Å². The van der Waals surface area contributed by atoms with Crippen LogP contribution in [0.5, 0.6) is 0 Å². The van der Waals surface area contributed by atoms with Gasteiger partial charge in [0.05, 0.1) is 10.6 Å². The van der Waals surface area contributed by atoms with Crippen LogP contribution in [0.15, 0.2) is 52.3 Å². The molecule has 2 amide bonds. The molecule has 1 fully saturated rings. The van der Waals surface area contributed by atoms with E-state index in [1.807, 2.05) is 36.4 Å². The fourth-order valence-corrected chi connectivity index (χ4v) is 4.70. The van der Waals surface area contributed by atoms with E-state index in [1.54, 1.807) is 12.1 Å². The highest BCUT2D eigenvalue weighted by atomic mass is 35.5. The van der Waals surface area contributed by atoms with Crippen LogP contribution in [0.1, 0.15) is 48.0 Å². The van der Waals surface area contributed by atoms with Crippen LogP contribution in [-0.4, -0.2) is 17.9 Å². The van der Waals surface area contributed by atoms with Gasteiger partial charge in [0.15, 0.2) is 0 Å². The Morgan fingerprint density at radius 2 is 1.96 bits per heavy atom. The smallest absolute Gasteiger partial charge is 0.262 e. The summed E-state index contributed by atoms with van der Waals surface area (Å²) in [7, 11) is 0. The summed E-state index contributed by atoms with van der Waals surface area (Å²) < 4.78 is 0. The van der Waals surface area contributed by atoms with E-state index in [4.69, 9.17) is 11.6 Å². The first-order chi connectivity index (χ1) is 13.6. The third-order valence-corrected chi connectivity index (χ3v) is 6.35. The second kappa shape index (κ2) is 8.41. The van der Waals surface area contributed by atoms with Crippen molar-refractivity contribution in [3.8, 4) is 0 Å². The van der Waals surface area contributed by atoms with Crippen LogP contribution in [0.3, 0.4) is 0 Å². The number of nitrogens with one attached hydrogen (secondary N) is 2. The van der Waals surface area contributed by atoms with Crippen molar-refractivity contribution >= 4 is 46.9 Å². The number of benzene rings is 2. The maximum Gasteiger partial charge on any atom is 0.262 e. The van der Waals surface area contributed by atoms with E-state index in [2.05, 4.69) is 10.6 Å². The van der Waals surface area contributed by atoms with Crippen LogP contribution in [0, 0.1) is 0 Å². The molecule has 1 heterocycles. The first kappa shape index (κ1) is 19.1. The standard InChI is InChI=1S/C22H21ClN2O2S/c23-16-6-4-5-14(11-16)12-20-22(27)25-18-13-15(9-10-19(18)28-20)21(26)24-17-7-2-1-3-8-17/h4-6,9-13,17H,1-3,7-8H2,(H,24,26)(H,25,27)/b20-12+. The van der Waals surface area contributed by atoms with E-state index in [-0.39, 0.29) is 17.9 Å². The first-order valence-corrected chi connectivity index (χ1v) is 10.7. The monoisotopic (exact) mass is 412 g/mol. The van der Waals surface area contributed by atoms with E-state index < -0.39 is 0 Å². The third-order valence-electron chi connectivity index (χ3n) is 5.02. The quantitative estimate of drug-likeness (QED) is 0.655. The lowest BCUT2D eigenvalue weighted by atomic mass is 9.95. The number of halogens is 1. The molecule has 1 aliphatic heterocycles. The molecule has 0 bridgehead atoms. The van der Waals surface area contributed by atoms with Crippen molar-refractivity contribution in [2.24, 2.45) is 0 Å². The predicted octanol–water partition coefficient (Wildman–Crippen LogP) is 5.49. The summed E-state index contributed by atoms with van der Waals surface area (Å²) in [6.45, 7) is 0. The van der Waals surface area contributed by atoms with Crippen molar-refractivity contribution in [2.45, 2.75) is 43.0 Å². The maximum atomic E-state index is 12.6. The minimum atomic E-state index is -0.178. The van der Waals surface area contributed by atoms with E-state index in [0.29, 0.717) is 21.2 Å². The fourth-order valence-electron chi connectivity index (χ4n) is 3.57. The minimum Gasteiger partial charge on any atom is -0.349 e. The van der Waals surface area contributed by atoms with Crippen molar-refractivity contribution < 1.29 is 9.59 Å². The molecular formula is C22H21ClN2O2S. The van der Waals surface area contributed by atoms with Crippen molar-refractivity contribution in [1.29, 1.82) is 0 Å². The van der Waals surface area contributed by atoms with E-state index >= 15 is 0 Å². The van der Waals surface area contributed by atoms with Crippen LogP contribution in [-0.2, 0) is 4.79 Å². The van der Waals surface area contributed by atoms with Crippen molar-refractivity contribution in [3.05, 3.63) is 63.5 Å². The molecule has 4 nitrogen and oxygen atoms in total. The molecule has 4 rings (SSSR count). The Hall–Kier alpha value is -2.24. The van der Waals surface area contributed by atoms with Gasteiger partial charge in [-0.1, -0.05) is 54.8 Å². The number of thioether (sulfide) groups is 1. The van der Waals surface area contributed by atoms with Gasteiger partial charge in [-0.05, 0) is 54.8 Å². The number of carbonyl (C=O) groups is 2. The summed E-state index contributed by atoms with van der Waals surface area (Å²) in [6, 6.07) is 13.1. The van der Waals surface area contributed by atoms with Crippen molar-refractivity contribution in [1.82, 2.24) is 5.32 Å². The van der Waals surface area contributed by atoms with Crippen molar-refractivity contribution in [3.63, 3.8) is 0 Å². The lowest BCUT2D eigenvalue weighted by Crippen LogP contribution is -2.36. The number of hydrogen-bond acceptors (Lipinski definition) is 3. The van der Waals surface area contributed by atoms with Crippen molar-refractivity contribution in [2.75, 3.05) is 5.32 Å². The molecule has 0 radical (unpaired) electrons. The van der Waals surface area contributed by atoms with Crippen LogP contribution in [0.4, 0.5) is 5.69 Å². The molecule has 2 aromatic rings. The average molecular weight is 413 g/mol. The summed E-state index contributed by atoms with van der Waals surface area (Å²) in [4.78, 5) is 26.6. The number of fused-ring (bicyclic) bond motifs is 1. The summed E-state index contributed by atoms with van der Waals surface area (Å²) in [6.07, 6.45) is 7.49. The van der Waals surface area contributed by atoms with Crippen LogP contribution >= 0.6 is 23.4 Å². The predicted molar refractivity (Wildman–Crippen MR) is 115 cm³/mol. The molecular weight excluding hydrogens is 392 g/mol. The molecule has 0 spiro atoms. The number of amides is 2. The second-order valence-electron chi connectivity index (χ2n) is 7.14. The zero-order valence-corrected chi connectivity index (χ0v) is 16.9. The lowest BCUT2D eigenvalue weighted by molar-refractivity contribution is -0.112. The van der Waals surface area contributed by atoms with Gasteiger partial charge in [-0.3, -0.25) is 9.59 Å². The van der Waals surface area contributed by atoms with Gasteiger partial charge in [0.2, 0.25) is 0 Å². The van der Waals surface area contributed by atoms with Gasteiger partial charge < -0.3 is 10.6 Å². The van der Waals surface area contributed by atoms with Crippen LogP contribution < -0.4 is 10.6 Å². The van der Waals surface area contributed by atoms with E-state index in [9.17, 15) is 9.59 Å². The molecule has 2 aromatic carbocycles. The minimum absolute atomic E-state index is 0.0748. The molecule has 0 saturated heterocycles. The molecule has 0 atom stereocenters. The summed E-state index contributed by atoms with van der Waals surface area (Å²) >= 11 is 7.42. The largest absolute Gasteiger partial charge is 0.349 e. The Kier molecular flexibility index (Phi) is 5.74. The van der Waals surface area contributed by atoms with Gasteiger partial charge in [-0.25, -0.2) is 0 Å². The SMILES string of the molecule is O=C1Nc2cc(C(=O)NC3CCCCC3)ccc2S/C1=C/c1cccc(Cl)c1. The maximum absolute atomic E-state index is 12.6. The zero-order chi connectivity index (χ0) is 19.5. The number of hydrogen-bond donors (Lipinski definition) is 2. The highest BCUT2D eigenvalue weighted by Crippen LogP contribution is 2.39. The zero-order valence-electron chi connectivity index (χ0n) is 15.3. The summed E-state index contributed by atoms with van der Waals surface area (Å²) in [5, 5.41) is 6.65. The van der Waals surface area contributed by atoms with Gasteiger partial charge in [0.25, 0.3) is 11.8 Å². The Morgan fingerprint density at radius 3 is 2.75 bits per heavy atom. The molecule has 28 heavy (non-hydrogen) atoms. The topological polar surface area (TPSA) is 58.2 Å². The van der Waals surface area contributed by atoms with Gasteiger partial charge in [0.1, 0.15) is 0 Å². The number of carbonyl (C=O) groups excluding carboxylic acids is 2. The number of anilines is 1. The van der Waals surface area contributed by atoms with Gasteiger partial charge >= 0.3 is 0 Å². The molecule has 2 aliphatic rings. The van der Waals surface area contributed by atoms with Crippen LogP contribution in [0.25, 0.3) is 6.08 Å². The Morgan fingerprint density at radius 1 is 1.14 bits per heavy atom. The molecule has 0 aromatic heterocycles. The molecule has 1 aliphatic carbocycles. The van der Waals surface area contributed by atoms with Gasteiger partial charge in [-0.15, -0.1) is 0 Å². The average Bonchev–Trinajstić information content (AvgIpc) is 2.69. The van der Waals surface area contributed by atoms with E-state index in [1.165, 1.54) is 31.0 Å². The van der Waals surface area contributed by atoms with Gasteiger partial charge in [0, 0.05) is 21.5 Å². The second-order valence-corrected chi connectivity index (χ2v) is 8.66. The lowest BCUT2D eigenvalue weighted by Gasteiger charge is -2.23. The highest BCUT2D eigenvalue weighted by molar-refractivity contribution is 8.04. The third kappa shape index (κ3) is 4.42. The molecule has 144 valence electrons. The fraction of sp³-hybridized carbons (Fsp3) is 0.273.